The molecule has 1 saturated heterocycles. The normalized spacial score (nSPS) is 16.3. The fraction of sp³-hybridized carbons (Fsp3) is 0.250. The molecule has 7 heteroatoms. The number of halogens is 1. The van der Waals surface area contributed by atoms with Gasteiger partial charge in [0.05, 0.1) is 18.1 Å². The number of rotatable bonds is 5. The van der Waals surface area contributed by atoms with Gasteiger partial charge < -0.3 is 15.0 Å². The van der Waals surface area contributed by atoms with Gasteiger partial charge >= 0.3 is 5.97 Å². The first-order valence-electron chi connectivity index (χ1n) is 8.62. The van der Waals surface area contributed by atoms with Gasteiger partial charge in [0.25, 0.3) is 0 Å². The summed E-state index contributed by atoms with van der Waals surface area (Å²) in [6.45, 7) is 2.30. The maximum atomic E-state index is 12.6. The highest BCUT2D eigenvalue weighted by molar-refractivity contribution is 6.30. The highest BCUT2D eigenvalue weighted by Crippen LogP contribution is 2.27. The molecular weight excluding hydrogens is 368 g/mol. The first kappa shape index (κ1) is 18.9. The minimum Gasteiger partial charge on any atom is -0.462 e. The van der Waals surface area contributed by atoms with Crippen LogP contribution < -0.4 is 10.2 Å². The lowest BCUT2D eigenvalue weighted by Gasteiger charge is -2.17. The molecule has 1 atom stereocenters. The molecule has 0 radical (unpaired) electrons. The van der Waals surface area contributed by atoms with Crippen molar-refractivity contribution >= 4 is 40.8 Å². The Morgan fingerprint density at radius 3 is 2.67 bits per heavy atom. The molecule has 0 unspecified atom stereocenters. The van der Waals surface area contributed by atoms with Crippen LogP contribution in [0.1, 0.15) is 23.7 Å². The van der Waals surface area contributed by atoms with E-state index in [0.29, 0.717) is 28.5 Å². The highest BCUT2D eigenvalue weighted by Gasteiger charge is 2.35. The van der Waals surface area contributed by atoms with Gasteiger partial charge in [0.2, 0.25) is 11.8 Å². The van der Waals surface area contributed by atoms with Crippen molar-refractivity contribution in [2.45, 2.75) is 13.3 Å². The molecule has 140 valence electrons. The van der Waals surface area contributed by atoms with Crippen molar-refractivity contribution in [2.75, 3.05) is 23.4 Å². The van der Waals surface area contributed by atoms with Crippen LogP contribution in [-0.2, 0) is 14.3 Å². The third-order valence-electron chi connectivity index (χ3n) is 4.28. The number of hydrogen-bond donors (Lipinski definition) is 1. The summed E-state index contributed by atoms with van der Waals surface area (Å²) in [6, 6.07) is 13.5. The number of benzene rings is 2. The van der Waals surface area contributed by atoms with E-state index in [1.54, 1.807) is 60.4 Å². The minimum absolute atomic E-state index is 0.113. The average molecular weight is 387 g/mol. The molecule has 3 rings (SSSR count). The molecule has 2 aromatic carbocycles. The smallest absolute Gasteiger partial charge is 0.338 e. The van der Waals surface area contributed by atoms with Crippen LogP contribution in [-0.4, -0.2) is 30.9 Å². The Morgan fingerprint density at radius 2 is 1.96 bits per heavy atom. The van der Waals surface area contributed by atoms with Gasteiger partial charge in [-0.2, -0.15) is 0 Å². The third kappa shape index (κ3) is 4.46. The molecule has 0 saturated carbocycles. The van der Waals surface area contributed by atoms with Crippen LogP contribution in [0.5, 0.6) is 0 Å². The minimum atomic E-state index is -0.473. The zero-order chi connectivity index (χ0) is 19.4. The van der Waals surface area contributed by atoms with Crippen LogP contribution >= 0.6 is 11.6 Å². The molecule has 2 aromatic rings. The van der Waals surface area contributed by atoms with E-state index in [0.717, 1.165) is 0 Å². The van der Waals surface area contributed by atoms with Gasteiger partial charge in [0.1, 0.15) is 0 Å². The van der Waals surface area contributed by atoms with E-state index >= 15 is 0 Å². The lowest BCUT2D eigenvalue weighted by atomic mass is 10.1. The number of hydrogen-bond acceptors (Lipinski definition) is 4. The van der Waals surface area contributed by atoms with Gasteiger partial charge in [-0.1, -0.05) is 17.7 Å². The van der Waals surface area contributed by atoms with Crippen molar-refractivity contribution in [2.24, 2.45) is 5.92 Å². The molecule has 0 spiro atoms. The molecule has 6 nitrogen and oxygen atoms in total. The summed E-state index contributed by atoms with van der Waals surface area (Å²) in [5, 5.41) is 3.36. The third-order valence-corrected chi connectivity index (χ3v) is 4.53. The van der Waals surface area contributed by atoms with E-state index in [2.05, 4.69) is 5.32 Å². The molecule has 1 N–H and O–H groups in total. The summed E-state index contributed by atoms with van der Waals surface area (Å²) >= 11 is 5.88. The molecule has 0 aromatic heterocycles. The fourth-order valence-electron chi connectivity index (χ4n) is 2.94. The molecule has 1 heterocycles. The number of anilines is 2. The molecule has 1 fully saturated rings. The number of esters is 1. The van der Waals surface area contributed by atoms with Gasteiger partial charge in [0.15, 0.2) is 0 Å². The van der Waals surface area contributed by atoms with Gasteiger partial charge in [-0.15, -0.1) is 0 Å². The standard InChI is InChI=1S/C20H19ClN2O4/c1-2-27-20(26)13-4-3-5-16(10-13)22-19(25)14-11-18(24)23(12-14)17-8-6-15(21)7-9-17/h3-10,14H,2,11-12H2,1H3,(H,22,25)/t14-/m1/s1. The van der Waals surface area contributed by atoms with Crippen molar-refractivity contribution in [3.63, 3.8) is 0 Å². The average Bonchev–Trinajstić information content (AvgIpc) is 3.05. The largest absolute Gasteiger partial charge is 0.462 e. The first-order valence-corrected chi connectivity index (χ1v) is 8.99. The number of carbonyl (C=O) groups is 3. The van der Waals surface area contributed by atoms with Crippen molar-refractivity contribution in [3.8, 4) is 0 Å². The molecule has 1 aliphatic rings. The van der Waals surface area contributed by atoms with E-state index in [1.807, 2.05) is 0 Å². The van der Waals surface area contributed by atoms with Gasteiger partial charge in [-0.3, -0.25) is 9.59 Å². The Balaban J connectivity index is 1.67. The fourth-order valence-corrected chi connectivity index (χ4v) is 3.06. The molecule has 0 aliphatic carbocycles. The van der Waals surface area contributed by atoms with Gasteiger partial charge in [-0.05, 0) is 49.4 Å². The monoisotopic (exact) mass is 386 g/mol. The van der Waals surface area contributed by atoms with Crippen molar-refractivity contribution in [3.05, 3.63) is 59.1 Å². The van der Waals surface area contributed by atoms with E-state index in [-0.39, 0.29) is 24.8 Å². The van der Waals surface area contributed by atoms with Crippen LogP contribution in [0.4, 0.5) is 11.4 Å². The second kappa shape index (κ2) is 8.22. The SMILES string of the molecule is CCOC(=O)c1cccc(NC(=O)[C@@H]2CC(=O)N(c3ccc(Cl)cc3)C2)c1. The zero-order valence-corrected chi connectivity index (χ0v) is 15.5. The summed E-state index contributed by atoms with van der Waals surface area (Å²) in [7, 11) is 0. The number of ether oxygens (including phenoxy) is 1. The number of nitrogens with zero attached hydrogens (tertiary/aromatic N) is 1. The predicted octanol–water partition coefficient (Wildman–Crippen LogP) is 3.51. The predicted molar refractivity (Wildman–Crippen MR) is 103 cm³/mol. The lowest BCUT2D eigenvalue weighted by Crippen LogP contribution is -2.28. The van der Waals surface area contributed by atoms with Crippen LogP contribution in [0.25, 0.3) is 0 Å². The molecule has 2 amide bonds. The summed E-state index contributed by atoms with van der Waals surface area (Å²) in [5.41, 5.74) is 1.56. The summed E-state index contributed by atoms with van der Waals surface area (Å²) in [5.74, 6) is -1.29. The topological polar surface area (TPSA) is 75.7 Å². The maximum absolute atomic E-state index is 12.6. The van der Waals surface area contributed by atoms with Crippen LogP contribution in [0, 0.1) is 5.92 Å². The first-order chi connectivity index (χ1) is 13.0. The van der Waals surface area contributed by atoms with E-state index in [1.165, 1.54) is 0 Å². The van der Waals surface area contributed by atoms with E-state index in [9.17, 15) is 14.4 Å². The van der Waals surface area contributed by atoms with Crippen LogP contribution in [0.3, 0.4) is 0 Å². The van der Waals surface area contributed by atoms with Crippen molar-refractivity contribution in [1.82, 2.24) is 0 Å². The Morgan fingerprint density at radius 1 is 1.22 bits per heavy atom. The maximum Gasteiger partial charge on any atom is 0.338 e. The van der Waals surface area contributed by atoms with Crippen LogP contribution in [0.15, 0.2) is 48.5 Å². The quantitative estimate of drug-likeness (QED) is 0.798. The zero-order valence-electron chi connectivity index (χ0n) is 14.8. The number of nitrogens with one attached hydrogen (secondary N) is 1. The van der Waals surface area contributed by atoms with E-state index < -0.39 is 11.9 Å². The van der Waals surface area contributed by atoms with Crippen molar-refractivity contribution < 1.29 is 19.1 Å². The number of carbonyl (C=O) groups excluding carboxylic acids is 3. The number of amides is 2. The second-order valence-electron chi connectivity index (χ2n) is 6.17. The Hall–Kier alpha value is -2.86. The Bertz CT molecular complexity index is 867. The summed E-state index contributed by atoms with van der Waals surface area (Å²) in [4.78, 5) is 38.3. The highest BCUT2D eigenvalue weighted by atomic mass is 35.5. The summed E-state index contributed by atoms with van der Waals surface area (Å²) < 4.78 is 4.96. The lowest BCUT2D eigenvalue weighted by molar-refractivity contribution is -0.122. The van der Waals surface area contributed by atoms with Gasteiger partial charge in [0, 0.05) is 29.4 Å². The molecule has 1 aliphatic heterocycles. The van der Waals surface area contributed by atoms with Crippen LogP contribution in [0.2, 0.25) is 5.02 Å². The summed E-state index contributed by atoms with van der Waals surface area (Å²) in [6.07, 6.45) is 0.131. The molecule has 0 bridgehead atoms. The Kier molecular flexibility index (Phi) is 5.76. The molecule has 27 heavy (non-hydrogen) atoms. The second-order valence-corrected chi connectivity index (χ2v) is 6.61. The van der Waals surface area contributed by atoms with Crippen molar-refractivity contribution in [1.29, 1.82) is 0 Å². The molecular formula is C20H19ClN2O4. The van der Waals surface area contributed by atoms with Gasteiger partial charge in [-0.25, -0.2) is 4.79 Å². The Labute approximate surface area is 162 Å². The van der Waals surface area contributed by atoms with E-state index in [4.69, 9.17) is 16.3 Å².